The van der Waals surface area contributed by atoms with Gasteiger partial charge in [0.1, 0.15) is 15.7 Å². The van der Waals surface area contributed by atoms with Gasteiger partial charge in [-0.1, -0.05) is 132 Å². The summed E-state index contributed by atoms with van der Waals surface area (Å²) in [7, 11) is 12.5. The number of nitrogens with zero attached hydrogens (tertiary/aromatic N) is 2. The van der Waals surface area contributed by atoms with E-state index >= 15 is 0 Å². The molecule has 0 atom stereocenters. The molecule has 0 aliphatic heterocycles. The number of anilines is 6. The Morgan fingerprint density at radius 1 is 0.312 bits per heavy atom. The van der Waals surface area contributed by atoms with Crippen LogP contribution in [0.4, 0.5) is 34.1 Å². The van der Waals surface area contributed by atoms with Gasteiger partial charge in [-0.25, -0.2) is 0 Å². The fourth-order valence-electron chi connectivity index (χ4n) is 6.59. The van der Waals surface area contributed by atoms with E-state index in [1.54, 1.807) is 0 Å². The average molecular weight is 608 g/mol. The molecule has 8 rings (SSSR count). The van der Waals surface area contributed by atoms with Crippen molar-refractivity contribution >= 4 is 82.3 Å². The minimum atomic E-state index is 0.727. The standard InChI is InChI=1S/C44H30B2N2/c45-35-13-7-15-39(29-35)47(43-19-5-11-33-9-1-3-17-41(33)43)37-25-21-31(22-26-37)32-23-27-38(28-24-32)48(40-16-8-14-36(46)30-40)44-20-6-12-34-10-2-4-18-42(34)44/h1-30H. The van der Waals surface area contributed by atoms with E-state index in [4.69, 9.17) is 15.7 Å². The first kappa shape index (κ1) is 29.4. The van der Waals surface area contributed by atoms with Crippen LogP contribution in [0, 0.1) is 0 Å². The van der Waals surface area contributed by atoms with Crippen molar-refractivity contribution in [2.75, 3.05) is 9.80 Å². The van der Waals surface area contributed by atoms with Gasteiger partial charge in [0.25, 0.3) is 0 Å². The van der Waals surface area contributed by atoms with Gasteiger partial charge in [-0.2, -0.15) is 0 Å². The maximum atomic E-state index is 6.27. The van der Waals surface area contributed by atoms with Crippen molar-refractivity contribution < 1.29 is 0 Å². The summed E-state index contributed by atoms with van der Waals surface area (Å²) in [5.41, 5.74) is 10.1. The van der Waals surface area contributed by atoms with Crippen LogP contribution in [-0.2, 0) is 0 Å². The predicted octanol–water partition coefficient (Wildman–Crippen LogP) is 10.2. The van der Waals surface area contributed by atoms with Gasteiger partial charge >= 0.3 is 0 Å². The van der Waals surface area contributed by atoms with Crippen molar-refractivity contribution in [2.45, 2.75) is 0 Å². The molecule has 2 nitrogen and oxygen atoms in total. The van der Waals surface area contributed by atoms with Gasteiger partial charge in [0.15, 0.2) is 0 Å². The molecule has 0 unspecified atom stereocenters. The fraction of sp³-hybridized carbons (Fsp3) is 0. The molecule has 222 valence electrons. The minimum Gasteiger partial charge on any atom is -0.310 e. The maximum absolute atomic E-state index is 6.27. The summed E-state index contributed by atoms with van der Waals surface area (Å²) in [5, 5.41) is 4.74. The summed E-state index contributed by atoms with van der Waals surface area (Å²) in [6, 6.07) is 63.4. The molecule has 0 heterocycles. The van der Waals surface area contributed by atoms with Gasteiger partial charge in [-0.05, 0) is 82.6 Å². The highest BCUT2D eigenvalue weighted by atomic mass is 15.1. The van der Waals surface area contributed by atoms with E-state index in [1.165, 1.54) is 21.5 Å². The van der Waals surface area contributed by atoms with Crippen LogP contribution in [0.2, 0.25) is 0 Å². The van der Waals surface area contributed by atoms with Crippen molar-refractivity contribution in [3.8, 4) is 11.1 Å². The van der Waals surface area contributed by atoms with Gasteiger partial charge in [0, 0.05) is 33.5 Å². The highest BCUT2D eigenvalue weighted by molar-refractivity contribution is 6.33. The smallest absolute Gasteiger partial charge is 0.113 e. The normalized spacial score (nSPS) is 11.1. The van der Waals surface area contributed by atoms with E-state index in [1.807, 2.05) is 36.4 Å². The summed E-state index contributed by atoms with van der Waals surface area (Å²) >= 11 is 0. The molecule has 0 spiro atoms. The van der Waals surface area contributed by atoms with E-state index < -0.39 is 0 Å². The zero-order valence-corrected chi connectivity index (χ0v) is 26.4. The highest BCUT2D eigenvalue weighted by Gasteiger charge is 2.17. The van der Waals surface area contributed by atoms with Gasteiger partial charge in [-0.15, -0.1) is 0 Å². The molecule has 0 fully saturated rings. The average Bonchev–Trinajstić information content (AvgIpc) is 3.13. The number of benzene rings is 8. The Hall–Kier alpha value is -5.99. The lowest BCUT2D eigenvalue weighted by Crippen LogP contribution is -2.13. The number of hydrogen-bond donors (Lipinski definition) is 0. The predicted molar refractivity (Wildman–Crippen MR) is 207 cm³/mol. The second-order valence-corrected chi connectivity index (χ2v) is 12.0. The molecule has 0 N–H and O–H groups in total. The second kappa shape index (κ2) is 12.7. The van der Waals surface area contributed by atoms with Crippen molar-refractivity contribution in [3.63, 3.8) is 0 Å². The van der Waals surface area contributed by atoms with Crippen LogP contribution in [-0.4, -0.2) is 15.7 Å². The maximum Gasteiger partial charge on any atom is 0.113 e. The number of fused-ring (bicyclic) bond motifs is 2. The summed E-state index contributed by atoms with van der Waals surface area (Å²) in [6.07, 6.45) is 0. The van der Waals surface area contributed by atoms with Crippen LogP contribution < -0.4 is 20.7 Å². The Balaban J connectivity index is 1.17. The molecule has 0 aromatic heterocycles. The summed E-state index contributed by atoms with van der Waals surface area (Å²) in [4.78, 5) is 4.55. The first-order chi connectivity index (χ1) is 23.6. The molecule has 8 aromatic rings. The lowest BCUT2D eigenvalue weighted by atomic mass is 9.95. The second-order valence-electron chi connectivity index (χ2n) is 12.0. The Morgan fingerprint density at radius 3 is 1.10 bits per heavy atom. The van der Waals surface area contributed by atoms with Crippen LogP contribution >= 0.6 is 0 Å². The third-order valence-corrected chi connectivity index (χ3v) is 8.86. The van der Waals surface area contributed by atoms with Crippen LogP contribution in [0.3, 0.4) is 0 Å². The van der Waals surface area contributed by atoms with E-state index in [-0.39, 0.29) is 0 Å². The first-order valence-electron chi connectivity index (χ1n) is 16.1. The molecule has 0 aliphatic rings. The number of rotatable bonds is 7. The van der Waals surface area contributed by atoms with Gasteiger partial charge in [0.05, 0.1) is 11.4 Å². The minimum absolute atomic E-state index is 0.727. The van der Waals surface area contributed by atoms with E-state index in [9.17, 15) is 0 Å². The third-order valence-electron chi connectivity index (χ3n) is 8.86. The summed E-state index contributed by atoms with van der Waals surface area (Å²) in [5.74, 6) is 0. The molecule has 0 aliphatic carbocycles. The van der Waals surface area contributed by atoms with Crippen LogP contribution in [0.25, 0.3) is 32.7 Å². The van der Waals surface area contributed by atoms with Crippen molar-refractivity contribution in [3.05, 3.63) is 182 Å². The molecule has 48 heavy (non-hydrogen) atoms. The van der Waals surface area contributed by atoms with Crippen LogP contribution in [0.15, 0.2) is 182 Å². The molecular formula is C44H30B2N2. The summed E-state index contributed by atoms with van der Waals surface area (Å²) in [6.45, 7) is 0. The van der Waals surface area contributed by atoms with Gasteiger partial charge in [-0.3, -0.25) is 0 Å². The monoisotopic (exact) mass is 608 g/mol. The molecule has 8 aromatic carbocycles. The Kier molecular flexibility index (Phi) is 7.76. The molecular weight excluding hydrogens is 578 g/mol. The van der Waals surface area contributed by atoms with Crippen LogP contribution in [0.5, 0.6) is 0 Å². The Labute approximate surface area is 284 Å². The van der Waals surface area contributed by atoms with Crippen molar-refractivity contribution in [1.29, 1.82) is 0 Å². The van der Waals surface area contributed by atoms with E-state index in [2.05, 4.69) is 155 Å². The lowest BCUT2D eigenvalue weighted by Gasteiger charge is -2.28. The zero-order valence-electron chi connectivity index (χ0n) is 26.4. The van der Waals surface area contributed by atoms with Crippen molar-refractivity contribution in [1.82, 2.24) is 0 Å². The van der Waals surface area contributed by atoms with Crippen molar-refractivity contribution in [2.24, 2.45) is 0 Å². The Morgan fingerprint density at radius 2 is 0.688 bits per heavy atom. The third kappa shape index (κ3) is 5.63. The Bertz CT molecular complexity index is 2200. The number of hydrogen-bond acceptors (Lipinski definition) is 2. The SMILES string of the molecule is [B]c1cccc(N(c2ccc(-c3ccc(N(c4cccc([B])c4)c4cccc5ccccc45)cc3)cc2)c2cccc3ccccc23)c1. The molecule has 0 saturated heterocycles. The summed E-state index contributed by atoms with van der Waals surface area (Å²) < 4.78 is 0. The van der Waals surface area contributed by atoms with Gasteiger partial charge < -0.3 is 9.80 Å². The quantitative estimate of drug-likeness (QED) is 0.166. The van der Waals surface area contributed by atoms with Gasteiger partial charge in [0.2, 0.25) is 0 Å². The molecule has 4 heteroatoms. The highest BCUT2D eigenvalue weighted by Crippen LogP contribution is 2.41. The lowest BCUT2D eigenvalue weighted by molar-refractivity contribution is 1.30. The zero-order chi connectivity index (χ0) is 32.5. The molecule has 4 radical (unpaired) electrons. The topological polar surface area (TPSA) is 6.48 Å². The fourth-order valence-corrected chi connectivity index (χ4v) is 6.59. The van der Waals surface area contributed by atoms with E-state index in [0.717, 1.165) is 56.2 Å². The largest absolute Gasteiger partial charge is 0.310 e. The molecule has 0 saturated carbocycles. The molecule has 0 amide bonds. The first-order valence-corrected chi connectivity index (χ1v) is 16.1. The molecule has 0 bridgehead atoms. The van der Waals surface area contributed by atoms with Crippen LogP contribution in [0.1, 0.15) is 0 Å². The van der Waals surface area contributed by atoms with E-state index in [0.29, 0.717) is 0 Å².